The van der Waals surface area contributed by atoms with E-state index in [-0.39, 0.29) is 19.1 Å². The standard InChI is InChI=1S/C29H44NO6P/c1-3-4-11-25-14-16-26(17-15-25)12-9-7-5-6-8-10-13-29(31)30(22-23-36-37(32,33)34)24-27-18-20-28(35-2)21-19-27/h14-21H,3-13,22-24H2,1-2H3,(H2,32,33,34). The van der Waals surface area contributed by atoms with E-state index >= 15 is 0 Å². The average Bonchev–Trinajstić information content (AvgIpc) is 2.88. The minimum absolute atomic E-state index is 0.0347. The molecule has 0 unspecified atom stereocenters. The Bertz CT molecular complexity index is 942. The molecule has 0 aliphatic carbocycles. The van der Waals surface area contributed by atoms with Gasteiger partial charge >= 0.3 is 7.82 Å². The van der Waals surface area contributed by atoms with Gasteiger partial charge in [0.1, 0.15) is 5.75 Å². The number of benzene rings is 2. The van der Waals surface area contributed by atoms with Gasteiger partial charge in [0.25, 0.3) is 0 Å². The van der Waals surface area contributed by atoms with Gasteiger partial charge in [-0.2, -0.15) is 0 Å². The van der Waals surface area contributed by atoms with Crippen molar-refractivity contribution in [2.45, 2.75) is 84.1 Å². The third-order valence-electron chi connectivity index (χ3n) is 6.45. The molecule has 0 aromatic heterocycles. The van der Waals surface area contributed by atoms with Crippen LogP contribution in [0.3, 0.4) is 0 Å². The maximum absolute atomic E-state index is 12.9. The van der Waals surface area contributed by atoms with E-state index < -0.39 is 7.82 Å². The topological polar surface area (TPSA) is 96.3 Å². The predicted octanol–water partition coefficient (Wildman–Crippen LogP) is 6.45. The van der Waals surface area contributed by atoms with Crippen LogP contribution in [-0.4, -0.2) is 40.9 Å². The number of ether oxygens (including phenoxy) is 1. The quantitative estimate of drug-likeness (QED) is 0.159. The highest BCUT2D eigenvalue weighted by Gasteiger charge is 2.18. The Labute approximate surface area is 222 Å². The summed E-state index contributed by atoms with van der Waals surface area (Å²) in [5.41, 5.74) is 3.75. The van der Waals surface area contributed by atoms with E-state index in [1.54, 1.807) is 12.0 Å². The SMILES string of the molecule is CCCCc1ccc(CCCCCCCCC(=O)N(CCOP(=O)(O)O)Cc2ccc(OC)cc2)cc1. The third kappa shape index (κ3) is 13.8. The number of carbonyl (C=O) groups is 1. The summed E-state index contributed by atoms with van der Waals surface area (Å²) >= 11 is 0. The van der Waals surface area contributed by atoms with Gasteiger partial charge in [-0.05, 0) is 60.9 Å². The molecule has 0 spiro atoms. The van der Waals surface area contributed by atoms with E-state index in [2.05, 4.69) is 35.7 Å². The van der Waals surface area contributed by atoms with Crippen LogP contribution in [0, 0.1) is 0 Å². The number of nitrogens with zero attached hydrogens (tertiary/aromatic N) is 1. The van der Waals surface area contributed by atoms with Gasteiger partial charge in [0.05, 0.1) is 13.7 Å². The summed E-state index contributed by atoms with van der Waals surface area (Å²) in [5.74, 6) is 0.694. The Balaban J connectivity index is 1.67. The second-order valence-corrected chi connectivity index (χ2v) is 10.8. The molecule has 1 amide bonds. The van der Waals surface area contributed by atoms with Crippen molar-refractivity contribution in [3.63, 3.8) is 0 Å². The lowest BCUT2D eigenvalue weighted by Crippen LogP contribution is -2.33. The number of aryl methyl sites for hydroxylation is 2. The molecule has 8 heteroatoms. The van der Waals surface area contributed by atoms with Gasteiger partial charge < -0.3 is 19.4 Å². The summed E-state index contributed by atoms with van der Waals surface area (Å²) in [6.45, 7) is 2.48. The van der Waals surface area contributed by atoms with E-state index in [9.17, 15) is 9.36 Å². The van der Waals surface area contributed by atoms with Gasteiger partial charge in [0, 0.05) is 19.5 Å². The highest BCUT2D eigenvalue weighted by atomic mass is 31.2. The maximum Gasteiger partial charge on any atom is 0.469 e. The van der Waals surface area contributed by atoms with E-state index in [0.29, 0.717) is 13.0 Å². The lowest BCUT2D eigenvalue weighted by molar-refractivity contribution is -0.132. The molecule has 0 fully saturated rings. The number of phosphoric ester groups is 1. The van der Waals surface area contributed by atoms with Crippen molar-refractivity contribution < 1.29 is 28.4 Å². The van der Waals surface area contributed by atoms with E-state index in [1.165, 1.54) is 43.2 Å². The number of hydrogen-bond donors (Lipinski definition) is 2. The number of phosphoric acid groups is 1. The predicted molar refractivity (Wildman–Crippen MR) is 147 cm³/mol. The molecule has 0 saturated carbocycles. The molecule has 0 bridgehead atoms. The second kappa shape index (κ2) is 17.4. The van der Waals surface area contributed by atoms with Crippen molar-refractivity contribution in [1.82, 2.24) is 4.90 Å². The Kier molecular flexibility index (Phi) is 14.6. The number of amides is 1. The van der Waals surface area contributed by atoms with Crippen molar-refractivity contribution in [2.75, 3.05) is 20.3 Å². The van der Waals surface area contributed by atoms with Crippen LogP contribution < -0.4 is 4.74 Å². The number of methoxy groups -OCH3 is 1. The van der Waals surface area contributed by atoms with Crippen molar-refractivity contribution in [1.29, 1.82) is 0 Å². The largest absolute Gasteiger partial charge is 0.497 e. The molecule has 2 aromatic rings. The van der Waals surface area contributed by atoms with Crippen LogP contribution in [0.5, 0.6) is 5.75 Å². The van der Waals surface area contributed by atoms with Gasteiger partial charge in [-0.1, -0.05) is 75.4 Å². The summed E-state index contributed by atoms with van der Waals surface area (Å²) in [5, 5.41) is 0. The van der Waals surface area contributed by atoms with Gasteiger partial charge in [-0.25, -0.2) is 4.57 Å². The van der Waals surface area contributed by atoms with Crippen LogP contribution in [0.25, 0.3) is 0 Å². The zero-order valence-electron chi connectivity index (χ0n) is 22.4. The first-order valence-electron chi connectivity index (χ1n) is 13.5. The highest BCUT2D eigenvalue weighted by Crippen LogP contribution is 2.35. The van der Waals surface area contributed by atoms with Crippen molar-refractivity contribution >= 4 is 13.7 Å². The summed E-state index contributed by atoms with van der Waals surface area (Å²) in [6.07, 6.45) is 11.6. The molecule has 2 N–H and O–H groups in total. The molecule has 206 valence electrons. The van der Waals surface area contributed by atoms with E-state index in [1.807, 2.05) is 24.3 Å². The summed E-state index contributed by atoms with van der Waals surface area (Å²) in [6, 6.07) is 16.5. The van der Waals surface area contributed by atoms with Gasteiger partial charge in [-0.3, -0.25) is 9.32 Å². The van der Waals surface area contributed by atoms with Gasteiger partial charge in [0.2, 0.25) is 5.91 Å². The zero-order valence-corrected chi connectivity index (χ0v) is 23.3. The molecular formula is C29H44NO6P. The van der Waals surface area contributed by atoms with Crippen molar-refractivity contribution in [2.24, 2.45) is 0 Å². The van der Waals surface area contributed by atoms with Crippen LogP contribution in [0.4, 0.5) is 0 Å². The maximum atomic E-state index is 12.9. The second-order valence-electron chi connectivity index (χ2n) is 9.53. The number of hydrogen-bond acceptors (Lipinski definition) is 4. The molecule has 0 saturated heterocycles. The van der Waals surface area contributed by atoms with Crippen molar-refractivity contribution in [3.8, 4) is 5.75 Å². The fourth-order valence-electron chi connectivity index (χ4n) is 4.24. The molecule has 7 nitrogen and oxygen atoms in total. The smallest absolute Gasteiger partial charge is 0.469 e. The lowest BCUT2D eigenvalue weighted by atomic mass is 10.0. The van der Waals surface area contributed by atoms with Crippen LogP contribution in [-0.2, 0) is 33.3 Å². The number of carbonyl (C=O) groups excluding carboxylic acids is 1. The average molecular weight is 534 g/mol. The zero-order chi connectivity index (χ0) is 26.9. The molecule has 2 rings (SSSR count). The molecule has 0 atom stereocenters. The summed E-state index contributed by atoms with van der Waals surface area (Å²) in [4.78, 5) is 32.4. The Morgan fingerprint density at radius 3 is 1.92 bits per heavy atom. The first-order valence-corrected chi connectivity index (χ1v) is 15.0. The van der Waals surface area contributed by atoms with E-state index in [0.717, 1.165) is 43.4 Å². The monoisotopic (exact) mass is 533 g/mol. The Morgan fingerprint density at radius 1 is 0.811 bits per heavy atom. The fourth-order valence-corrected chi connectivity index (χ4v) is 4.56. The number of unbranched alkanes of at least 4 members (excludes halogenated alkanes) is 6. The Hall–Kier alpha value is -2.18. The molecular weight excluding hydrogens is 489 g/mol. The molecule has 37 heavy (non-hydrogen) atoms. The lowest BCUT2D eigenvalue weighted by Gasteiger charge is -2.23. The highest BCUT2D eigenvalue weighted by molar-refractivity contribution is 7.46. The molecule has 0 heterocycles. The van der Waals surface area contributed by atoms with Crippen LogP contribution >= 0.6 is 7.82 Å². The minimum atomic E-state index is -4.57. The van der Waals surface area contributed by atoms with E-state index in [4.69, 9.17) is 14.5 Å². The molecule has 0 aliphatic heterocycles. The minimum Gasteiger partial charge on any atom is -0.497 e. The van der Waals surface area contributed by atoms with Crippen molar-refractivity contribution in [3.05, 3.63) is 65.2 Å². The first-order chi connectivity index (χ1) is 17.8. The van der Waals surface area contributed by atoms with Gasteiger partial charge in [-0.15, -0.1) is 0 Å². The van der Waals surface area contributed by atoms with Crippen LogP contribution in [0.2, 0.25) is 0 Å². The fraction of sp³-hybridized carbons (Fsp3) is 0.552. The number of rotatable bonds is 19. The normalized spacial score (nSPS) is 11.5. The first kappa shape index (κ1) is 31.0. The van der Waals surface area contributed by atoms with Crippen LogP contribution in [0.15, 0.2) is 48.5 Å². The van der Waals surface area contributed by atoms with Crippen LogP contribution in [0.1, 0.15) is 81.4 Å². The summed E-state index contributed by atoms with van der Waals surface area (Å²) < 4.78 is 20.8. The molecule has 2 aromatic carbocycles. The van der Waals surface area contributed by atoms with Gasteiger partial charge in [0.15, 0.2) is 0 Å². The summed E-state index contributed by atoms with van der Waals surface area (Å²) in [7, 11) is -2.97. The molecule has 0 radical (unpaired) electrons. The Morgan fingerprint density at radius 2 is 1.35 bits per heavy atom. The molecule has 0 aliphatic rings. The third-order valence-corrected chi connectivity index (χ3v) is 6.97.